The van der Waals surface area contributed by atoms with Crippen molar-refractivity contribution < 1.29 is 9.90 Å². The van der Waals surface area contributed by atoms with Gasteiger partial charge in [0.25, 0.3) is 0 Å². The summed E-state index contributed by atoms with van der Waals surface area (Å²) in [6.07, 6.45) is 1.27. The number of nitrogens with one attached hydrogen (secondary N) is 1. The first-order valence-electron chi connectivity index (χ1n) is 5.40. The molecular weight excluding hydrogens is 332 g/mol. The summed E-state index contributed by atoms with van der Waals surface area (Å²) in [5.41, 5.74) is 1.93. The van der Waals surface area contributed by atoms with Crippen molar-refractivity contribution >= 4 is 45.0 Å². The number of anilines is 2. The largest absolute Gasteiger partial charge is 0.478 e. The van der Waals surface area contributed by atoms with Crippen molar-refractivity contribution in [2.24, 2.45) is 0 Å². The molecule has 2 aromatic rings. The average molecular weight is 342 g/mol. The molecule has 6 heteroatoms. The van der Waals surface area contributed by atoms with E-state index in [1.54, 1.807) is 0 Å². The van der Waals surface area contributed by atoms with Crippen LogP contribution in [0.4, 0.5) is 11.5 Å². The van der Waals surface area contributed by atoms with E-state index in [0.29, 0.717) is 5.82 Å². The minimum atomic E-state index is -1.06. The van der Waals surface area contributed by atoms with E-state index >= 15 is 0 Å². The van der Waals surface area contributed by atoms with Gasteiger partial charge in [0.1, 0.15) is 5.82 Å². The summed E-state index contributed by atoms with van der Waals surface area (Å²) < 4.78 is 0.968. The third-order valence-electron chi connectivity index (χ3n) is 2.61. The zero-order valence-electron chi connectivity index (χ0n) is 9.95. The first-order chi connectivity index (χ1) is 8.99. The van der Waals surface area contributed by atoms with Crippen LogP contribution in [0.25, 0.3) is 0 Å². The van der Waals surface area contributed by atoms with E-state index in [1.165, 1.54) is 12.3 Å². The topological polar surface area (TPSA) is 62.2 Å². The second-order valence-electron chi connectivity index (χ2n) is 3.90. The van der Waals surface area contributed by atoms with Crippen molar-refractivity contribution in [1.29, 1.82) is 0 Å². The summed E-state index contributed by atoms with van der Waals surface area (Å²) >= 11 is 9.45. The van der Waals surface area contributed by atoms with Gasteiger partial charge in [0, 0.05) is 16.4 Å². The van der Waals surface area contributed by atoms with Crippen LogP contribution in [0.2, 0.25) is 5.02 Å². The molecular formula is C13H10BrClN2O2. The number of benzene rings is 1. The van der Waals surface area contributed by atoms with Crippen LogP contribution >= 0.6 is 27.5 Å². The van der Waals surface area contributed by atoms with Gasteiger partial charge in [0.2, 0.25) is 0 Å². The van der Waals surface area contributed by atoms with Crippen LogP contribution in [0, 0.1) is 6.92 Å². The van der Waals surface area contributed by atoms with Crippen LogP contribution in [0.3, 0.4) is 0 Å². The maximum atomic E-state index is 10.8. The number of rotatable bonds is 3. The number of carboxylic acids is 1. The van der Waals surface area contributed by atoms with Crippen LogP contribution < -0.4 is 5.32 Å². The Morgan fingerprint density at radius 2 is 2.21 bits per heavy atom. The molecule has 19 heavy (non-hydrogen) atoms. The van der Waals surface area contributed by atoms with E-state index in [2.05, 4.69) is 26.2 Å². The van der Waals surface area contributed by atoms with Gasteiger partial charge in [0.05, 0.1) is 10.6 Å². The fraction of sp³-hybridized carbons (Fsp3) is 0.0769. The lowest BCUT2D eigenvalue weighted by atomic mass is 10.2. The van der Waals surface area contributed by atoms with Gasteiger partial charge in [-0.25, -0.2) is 9.78 Å². The number of hydrogen-bond acceptors (Lipinski definition) is 3. The molecule has 0 aliphatic heterocycles. The number of nitrogens with zero attached hydrogens (tertiary/aromatic N) is 1. The number of hydrogen-bond donors (Lipinski definition) is 2. The number of halogens is 2. The van der Waals surface area contributed by atoms with Crippen molar-refractivity contribution in [2.45, 2.75) is 6.92 Å². The van der Waals surface area contributed by atoms with Gasteiger partial charge in [-0.1, -0.05) is 33.6 Å². The fourth-order valence-electron chi connectivity index (χ4n) is 1.52. The molecule has 1 aromatic heterocycles. The summed E-state index contributed by atoms with van der Waals surface area (Å²) in [4.78, 5) is 14.8. The van der Waals surface area contributed by atoms with Crippen LogP contribution in [0.1, 0.15) is 15.9 Å². The van der Waals surface area contributed by atoms with Gasteiger partial charge in [-0.05, 0) is 30.7 Å². The first-order valence-corrected chi connectivity index (χ1v) is 6.57. The molecule has 2 rings (SSSR count). The molecule has 4 nitrogen and oxygen atoms in total. The molecule has 0 unspecified atom stereocenters. The molecule has 98 valence electrons. The summed E-state index contributed by atoms with van der Waals surface area (Å²) in [6, 6.07) is 7.08. The quantitative estimate of drug-likeness (QED) is 0.876. The Kier molecular flexibility index (Phi) is 4.07. The maximum absolute atomic E-state index is 10.8. The van der Waals surface area contributed by atoms with Crippen molar-refractivity contribution in [3.05, 3.63) is 51.1 Å². The Morgan fingerprint density at radius 1 is 1.47 bits per heavy atom. The van der Waals surface area contributed by atoms with Gasteiger partial charge in [0.15, 0.2) is 0 Å². The summed E-state index contributed by atoms with van der Waals surface area (Å²) in [7, 11) is 0. The molecule has 0 atom stereocenters. The third-order valence-corrected chi connectivity index (χ3v) is 3.76. The highest BCUT2D eigenvalue weighted by atomic mass is 79.9. The van der Waals surface area contributed by atoms with Gasteiger partial charge < -0.3 is 10.4 Å². The molecule has 0 amide bonds. The number of carbonyl (C=O) groups is 1. The average Bonchev–Trinajstić information content (AvgIpc) is 2.37. The highest BCUT2D eigenvalue weighted by Gasteiger charge is 2.10. The lowest BCUT2D eigenvalue weighted by molar-refractivity contribution is 0.0696. The Bertz CT molecular complexity index is 647. The van der Waals surface area contributed by atoms with Crippen LogP contribution in [-0.2, 0) is 0 Å². The lowest BCUT2D eigenvalue weighted by Gasteiger charge is -2.11. The molecule has 0 fully saturated rings. The van der Waals surface area contributed by atoms with E-state index < -0.39 is 5.97 Å². The smallest absolute Gasteiger partial charge is 0.337 e. The predicted octanol–water partition coefficient (Wildman–Crippen LogP) is 4.25. The third kappa shape index (κ3) is 3.05. The molecule has 0 aliphatic rings. The SMILES string of the molecule is Cc1c(Br)cccc1Nc1ncc(C(=O)O)cc1Cl. The Labute approximate surface area is 123 Å². The van der Waals surface area contributed by atoms with E-state index in [9.17, 15) is 4.79 Å². The van der Waals surface area contributed by atoms with Gasteiger partial charge in [-0.3, -0.25) is 0 Å². The minimum Gasteiger partial charge on any atom is -0.478 e. The summed E-state index contributed by atoms with van der Waals surface area (Å²) in [5, 5.41) is 12.2. The summed E-state index contributed by atoms with van der Waals surface area (Å²) in [5.74, 6) is -0.632. The molecule has 0 radical (unpaired) electrons. The van der Waals surface area contributed by atoms with E-state index in [0.717, 1.165) is 15.7 Å². The van der Waals surface area contributed by atoms with E-state index in [4.69, 9.17) is 16.7 Å². The molecule has 0 bridgehead atoms. The first kappa shape index (κ1) is 13.8. The highest BCUT2D eigenvalue weighted by Crippen LogP contribution is 2.29. The molecule has 0 aliphatic carbocycles. The minimum absolute atomic E-state index is 0.0570. The number of pyridine rings is 1. The maximum Gasteiger partial charge on any atom is 0.337 e. The number of aromatic nitrogens is 1. The standard InChI is InChI=1S/C13H10BrClN2O2/c1-7-9(14)3-2-4-11(7)17-12-10(15)5-8(6-16-12)13(18)19/h2-6H,1H3,(H,16,17)(H,18,19). The normalized spacial score (nSPS) is 10.3. The van der Waals surface area contributed by atoms with Crippen molar-refractivity contribution in [1.82, 2.24) is 4.98 Å². The second kappa shape index (κ2) is 5.59. The monoisotopic (exact) mass is 340 g/mol. The summed E-state index contributed by atoms with van der Waals surface area (Å²) in [6.45, 7) is 1.95. The van der Waals surface area contributed by atoms with Gasteiger partial charge in [-0.2, -0.15) is 0 Å². The Balaban J connectivity index is 2.34. The highest BCUT2D eigenvalue weighted by molar-refractivity contribution is 9.10. The Hall–Kier alpha value is -1.59. The van der Waals surface area contributed by atoms with Crippen molar-refractivity contribution in [2.75, 3.05) is 5.32 Å². The number of carboxylic acid groups (broad SMARTS) is 1. The fourth-order valence-corrected chi connectivity index (χ4v) is 2.10. The molecule has 1 heterocycles. The molecule has 0 saturated heterocycles. The second-order valence-corrected chi connectivity index (χ2v) is 5.16. The zero-order valence-corrected chi connectivity index (χ0v) is 12.3. The number of aromatic carboxylic acids is 1. The molecule has 1 aromatic carbocycles. The lowest BCUT2D eigenvalue weighted by Crippen LogP contribution is -2.01. The van der Waals surface area contributed by atoms with Crippen LogP contribution in [-0.4, -0.2) is 16.1 Å². The van der Waals surface area contributed by atoms with Crippen LogP contribution in [0.15, 0.2) is 34.9 Å². The van der Waals surface area contributed by atoms with Crippen molar-refractivity contribution in [3.63, 3.8) is 0 Å². The van der Waals surface area contributed by atoms with Crippen molar-refractivity contribution in [3.8, 4) is 0 Å². The molecule has 0 spiro atoms. The Morgan fingerprint density at radius 3 is 2.84 bits per heavy atom. The van der Waals surface area contributed by atoms with Crippen LogP contribution in [0.5, 0.6) is 0 Å². The van der Waals surface area contributed by atoms with Gasteiger partial charge in [-0.15, -0.1) is 0 Å². The van der Waals surface area contributed by atoms with Gasteiger partial charge >= 0.3 is 5.97 Å². The molecule has 0 saturated carbocycles. The van der Waals surface area contributed by atoms with E-state index in [1.807, 2.05) is 25.1 Å². The van der Waals surface area contributed by atoms with E-state index in [-0.39, 0.29) is 10.6 Å². The predicted molar refractivity (Wildman–Crippen MR) is 78.4 cm³/mol. The zero-order chi connectivity index (χ0) is 14.0. The molecule has 2 N–H and O–H groups in total.